The van der Waals surface area contributed by atoms with Crippen LogP contribution in [0.5, 0.6) is 0 Å². The molecule has 23 heavy (non-hydrogen) atoms. The third kappa shape index (κ3) is 288. The molecule has 1 aromatic carbocycles. The molecule has 0 nitrogen and oxygen atoms in total. The first-order chi connectivity index (χ1) is 10.6. The molecule has 0 fully saturated rings. The van der Waals surface area contributed by atoms with Crippen LogP contribution in [0.15, 0.2) is 36.4 Å². The topological polar surface area (TPSA) is 0 Å². The summed E-state index contributed by atoms with van der Waals surface area (Å²) in [4.78, 5) is 0. The van der Waals surface area contributed by atoms with Crippen molar-refractivity contribution in [2.75, 3.05) is 0 Å². The molecule has 0 radical (unpaired) electrons. The summed E-state index contributed by atoms with van der Waals surface area (Å²) >= 11 is 0. The van der Waals surface area contributed by atoms with Crippen molar-refractivity contribution in [1.29, 1.82) is 0 Å². The van der Waals surface area contributed by atoms with Gasteiger partial charge in [-0.1, -0.05) is 133 Å². The van der Waals surface area contributed by atoms with Crippen molar-refractivity contribution in [3.05, 3.63) is 36.4 Å². The maximum Gasteiger partial charge on any atom is -0.0500 e. The van der Waals surface area contributed by atoms with Gasteiger partial charge in [-0.2, -0.15) is 0 Å². The van der Waals surface area contributed by atoms with E-state index in [9.17, 15) is 0 Å². The largest absolute Gasteiger partial charge is 0.0683 e. The van der Waals surface area contributed by atoms with Crippen LogP contribution in [-0.4, -0.2) is 0 Å². The quantitative estimate of drug-likeness (QED) is 0.446. The maximum atomic E-state index is 2.17. The van der Waals surface area contributed by atoms with Crippen molar-refractivity contribution in [2.45, 2.75) is 96.4 Å². The smallest absolute Gasteiger partial charge is 0.0500 e. The fourth-order valence-electron chi connectivity index (χ4n) is 0.385. The van der Waals surface area contributed by atoms with E-state index in [1.165, 1.54) is 6.42 Å². The van der Waals surface area contributed by atoms with E-state index in [-0.39, 0.29) is 0 Å². The number of benzene rings is 1. The first kappa shape index (κ1) is 33.7. The molecule has 0 bridgehead atoms. The molecule has 1 aromatic rings. The second kappa shape index (κ2) is 37.5. The summed E-state index contributed by atoms with van der Waals surface area (Å²) in [5, 5.41) is 0. The molecule has 0 heterocycles. The summed E-state index contributed by atoms with van der Waals surface area (Å²) < 4.78 is 0. The Morgan fingerprint density at radius 3 is 0.522 bits per heavy atom. The Balaban J connectivity index is -0.0000000585. The monoisotopic (exact) mass is 326 g/mol. The molecule has 0 N–H and O–H groups in total. The van der Waals surface area contributed by atoms with Crippen LogP contribution in [0.1, 0.15) is 96.4 Å². The summed E-state index contributed by atoms with van der Waals surface area (Å²) in [5.41, 5.74) is 0. The number of hydrogen-bond donors (Lipinski definition) is 0. The van der Waals surface area contributed by atoms with Gasteiger partial charge >= 0.3 is 0 Å². The van der Waals surface area contributed by atoms with Gasteiger partial charge in [0.05, 0.1) is 0 Å². The predicted octanol–water partition coefficient (Wildman–Crippen LogP) is 9.12. The molecule has 1 rings (SSSR count). The SMILES string of the molecule is CC.CC(C)C.CC(C)C.CC(C)C.CCC.c1ccccc1. The molecule has 0 aliphatic rings. The molecule has 0 aliphatic heterocycles. The average Bonchev–Trinajstić information content (AvgIpc) is 2.42. The zero-order chi connectivity index (χ0) is 19.7. The van der Waals surface area contributed by atoms with E-state index in [1.54, 1.807) is 0 Å². The van der Waals surface area contributed by atoms with Crippen molar-refractivity contribution in [3.63, 3.8) is 0 Å². The van der Waals surface area contributed by atoms with Gasteiger partial charge in [-0.25, -0.2) is 0 Å². The highest BCUT2D eigenvalue weighted by Crippen LogP contribution is 1.82. The van der Waals surface area contributed by atoms with Crippen molar-refractivity contribution in [1.82, 2.24) is 0 Å². The van der Waals surface area contributed by atoms with Crippen molar-refractivity contribution in [2.24, 2.45) is 17.8 Å². The van der Waals surface area contributed by atoms with Crippen LogP contribution in [0, 0.1) is 17.8 Å². The minimum atomic E-state index is 0.833. The van der Waals surface area contributed by atoms with E-state index >= 15 is 0 Å². The third-order valence-corrected chi connectivity index (χ3v) is 0.667. The molecular weight excluding hydrogens is 276 g/mol. The van der Waals surface area contributed by atoms with E-state index in [2.05, 4.69) is 76.2 Å². The number of rotatable bonds is 0. The second-order valence-electron chi connectivity index (χ2n) is 7.06. The van der Waals surface area contributed by atoms with E-state index in [4.69, 9.17) is 0 Å². The fourth-order valence-corrected chi connectivity index (χ4v) is 0.385. The van der Waals surface area contributed by atoms with Crippen LogP contribution in [0.2, 0.25) is 0 Å². The Kier molecular flexibility index (Phi) is 54.9. The van der Waals surface area contributed by atoms with Crippen LogP contribution in [-0.2, 0) is 0 Å². The van der Waals surface area contributed by atoms with Gasteiger partial charge in [0.25, 0.3) is 0 Å². The van der Waals surface area contributed by atoms with Crippen molar-refractivity contribution < 1.29 is 0 Å². The molecular formula is C23H50. The fraction of sp³-hybridized carbons (Fsp3) is 0.739. The molecule has 142 valence electrons. The lowest BCUT2D eigenvalue weighted by molar-refractivity contribution is 0.736. The normalized spacial score (nSPS) is 7.83. The molecule has 0 aliphatic carbocycles. The standard InChI is InChI=1S/C6H6.3C4H10.C3H8.C2H6/c1-2-4-6-5-3-1;3*1-4(2)3;1-3-2;1-2/h1-6H;3*4H,1-3H3;3H2,1-2H3;1-2H3. The van der Waals surface area contributed by atoms with Gasteiger partial charge in [-0.3, -0.25) is 0 Å². The van der Waals surface area contributed by atoms with Crippen LogP contribution < -0.4 is 0 Å². The van der Waals surface area contributed by atoms with Gasteiger partial charge in [-0.05, 0) is 17.8 Å². The van der Waals surface area contributed by atoms with E-state index < -0.39 is 0 Å². The lowest BCUT2D eigenvalue weighted by Gasteiger charge is -1.79. The number of hydrogen-bond acceptors (Lipinski definition) is 0. The Morgan fingerprint density at radius 1 is 0.435 bits per heavy atom. The van der Waals surface area contributed by atoms with Crippen LogP contribution in [0.4, 0.5) is 0 Å². The average molecular weight is 327 g/mol. The first-order valence-corrected chi connectivity index (χ1v) is 9.61. The molecule has 0 heteroatoms. The van der Waals surface area contributed by atoms with E-state index in [1.807, 2.05) is 50.2 Å². The van der Waals surface area contributed by atoms with Crippen LogP contribution in [0.3, 0.4) is 0 Å². The van der Waals surface area contributed by atoms with Gasteiger partial charge in [0.1, 0.15) is 0 Å². The van der Waals surface area contributed by atoms with Gasteiger partial charge in [-0.15, -0.1) is 0 Å². The maximum absolute atomic E-state index is 2.17. The van der Waals surface area contributed by atoms with Gasteiger partial charge in [0.2, 0.25) is 0 Å². The summed E-state index contributed by atoms with van der Waals surface area (Å²) in [6, 6.07) is 12.0. The summed E-state index contributed by atoms with van der Waals surface area (Å²) in [5.74, 6) is 2.50. The highest BCUT2D eigenvalue weighted by Gasteiger charge is 1.68. The minimum Gasteiger partial charge on any atom is -0.0683 e. The molecule has 0 atom stereocenters. The van der Waals surface area contributed by atoms with E-state index in [0.29, 0.717) is 0 Å². The van der Waals surface area contributed by atoms with E-state index in [0.717, 1.165) is 17.8 Å². The zero-order valence-corrected chi connectivity index (χ0v) is 18.9. The molecule has 0 unspecified atom stereocenters. The zero-order valence-electron chi connectivity index (χ0n) is 18.9. The molecule has 0 spiro atoms. The lowest BCUT2D eigenvalue weighted by Crippen LogP contribution is -1.66. The third-order valence-electron chi connectivity index (χ3n) is 0.667. The van der Waals surface area contributed by atoms with Crippen molar-refractivity contribution in [3.8, 4) is 0 Å². The Bertz CT molecular complexity index is 160. The molecule has 0 amide bonds. The summed E-state index contributed by atoms with van der Waals surface area (Å²) in [6.45, 7) is 27.8. The van der Waals surface area contributed by atoms with Gasteiger partial charge < -0.3 is 0 Å². The minimum absolute atomic E-state index is 0.833. The predicted molar refractivity (Wildman–Crippen MR) is 115 cm³/mol. The first-order valence-electron chi connectivity index (χ1n) is 9.61. The highest BCUT2D eigenvalue weighted by molar-refractivity contribution is 4.99. The Morgan fingerprint density at radius 2 is 0.478 bits per heavy atom. The summed E-state index contributed by atoms with van der Waals surface area (Å²) in [7, 11) is 0. The van der Waals surface area contributed by atoms with Gasteiger partial charge in [0.15, 0.2) is 0 Å². The molecule has 0 saturated heterocycles. The van der Waals surface area contributed by atoms with Crippen molar-refractivity contribution >= 4 is 0 Å². The Hall–Kier alpha value is -0.780. The molecule has 0 aromatic heterocycles. The van der Waals surface area contributed by atoms with Crippen LogP contribution >= 0.6 is 0 Å². The second-order valence-corrected chi connectivity index (χ2v) is 7.06. The Labute approximate surface area is 151 Å². The van der Waals surface area contributed by atoms with Gasteiger partial charge in [0, 0.05) is 0 Å². The highest BCUT2D eigenvalue weighted by atomic mass is 13.8. The molecule has 0 saturated carbocycles. The summed E-state index contributed by atoms with van der Waals surface area (Å²) in [6.07, 6.45) is 1.25. The van der Waals surface area contributed by atoms with Crippen LogP contribution in [0.25, 0.3) is 0 Å². The lowest BCUT2D eigenvalue weighted by atomic mass is 10.3.